The SMILES string of the molecule is CCCN(C(=O)CSc1cc(C)c2ccccc2n1)c1c(N)n(Cc2ccccc2)c(=O)[nH]c1=O. The molecule has 4 aromatic rings. The van der Waals surface area contributed by atoms with E-state index in [9.17, 15) is 14.4 Å². The molecule has 0 unspecified atom stereocenters. The lowest BCUT2D eigenvalue weighted by Gasteiger charge is -2.24. The maximum absolute atomic E-state index is 13.3. The number of hydrogen-bond acceptors (Lipinski definition) is 6. The van der Waals surface area contributed by atoms with Gasteiger partial charge in [0.25, 0.3) is 5.56 Å². The molecule has 8 nitrogen and oxygen atoms in total. The summed E-state index contributed by atoms with van der Waals surface area (Å²) in [6.45, 7) is 4.39. The van der Waals surface area contributed by atoms with E-state index in [0.717, 1.165) is 27.1 Å². The van der Waals surface area contributed by atoms with Gasteiger partial charge in [0.05, 0.1) is 22.8 Å². The molecule has 0 saturated heterocycles. The molecule has 0 bridgehead atoms. The predicted molar refractivity (Wildman–Crippen MR) is 141 cm³/mol. The fourth-order valence-electron chi connectivity index (χ4n) is 3.95. The molecule has 0 atom stereocenters. The summed E-state index contributed by atoms with van der Waals surface area (Å²) < 4.78 is 1.28. The number of carbonyl (C=O) groups is 1. The second-order valence-electron chi connectivity index (χ2n) is 8.19. The zero-order valence-electron chi connectivity index (χ0n) is 19.7. The van der Waals surface area contributed by atoms with Gasteiger partial charge in [-0.3, -0.25) is 19.1 Å². The Bertz CT molecular complexity index is 1480. The van der Waals surface area contributed by atoms with E-state index in [1.807, 2.05) is 74.5 Å². The zero-order valence-corrected chi connectivity index (χ0v) is 20.5. The van der Waals surface area contributed by atoms with Gasteiger partial charge in [0.15, 0.2) is 5.69 Å². The zero-order chi connectivity index (χ0) is 24.9. The van der Waals surface area contributed by atoms with Crippen molar-refractivity contribution in [2.45, 2.75) is 31.8 Å². The predicted octanol–water partition coefficient (Wildman–Crippen LogP) is 3.56. The molecule has 2 heterocycles. The number of pyridine rings is 1. The van der Waals surface area contributed by atoms with Crippen molar-refractivity contribution in [1.82, 2.24) is 14.5 Å². The number of amides is 1. The molecule has 3 N–H and O–H groups in total. The van der Waals surface area contributed by atoms with E-state index < -0.39 is 11.2 Å². The van der Waals surface area contributed by atoms with Gasteiger partial charge in [-0.2, -0.15) is 0 Å². The Morgan fingerprint density at radius 3 is 2.57 bits per heavy atom. The average Bonchev–Trinajstić information content (AvgIpc) is 2.85. The maximum Gasteiger partial charge on any atom is 0.330 e. The van der Waals surface area contributed by atoms with Gasteiger partial charge in [0.1, 0.15) is 5.82 Å². The van der Waals surface area contributed by atoms with Crippen molar-refractivity contribution in [2.24, 2.45) is 0 Å². The van der Waals surface area contributed by atoms with Crippen molar-refractivity contribution >= 4 is 40.1 Å². The molecule has 2 aromatic heterocycles. The standard InChI is InChI=1S/C26H27N5O3S/c1-3-13-30(22(32)16-35-21-14-17(2)19-11-7-8-12-20(19)28-21)23-24(27)31(26(34)29-25(23)33)15-18-9-5-4-6-10-18/h4-12,14H,3,13,15-16,27H2,1-2H3,(H,29,33,34). The number of aromatic nitrogens is 3. The number of nitrogens with zero attached hydrogens (tertiary/aromatic N) is 3. The molecule has 0 aliphatic heterocycles. The molecule has 35 heavy (non-hydrogen) atoms. The summed E-state index contributed by atoms with van der Waals surface area (Å²) in [6, 6.07) is 19.1. The number of hydrogen-bond donors (Lipinski definition) is 2. The summed E-state index contributed by atoms with van der Waals surface area (Å²) in [5.74, 6) is -0.248. The minimum atomic E-state index is -0.678. The van der Waals surface area contributed by atoms with E-state index in [1.165, 1.54) is 21.2 Å². The molecule has 1 amide bonds. The molecule has 0 aliphatic carbocycles. The normalized spacial score (nSPS) is 11.0. The van der Waals surface area contributed by atoms with Crippen LogP contribution in [-0.2, 0) is 11.3 Å². The van der Waals surface area contributed by atoms with Crippen LogP contribution in [0.4, 0.5) is 11.5 Å². The summed E-state index contributed by atoms with van der Waals surface area (Å²) in [5, 5.41) is 1.79. The number of nitrogens with two attached hydrogens (primary N) is 1. The van der Waals surface area contributed by atoms with Crippen LogP contribution in [0.3, 0.4) is 0 Å². The smallest absolute Gasteiger partial charge is 0.330 e. The monoisotopic (exact) mass is 489 g/mol. The first-order valence-corrected chi connectivity index (χ1v) is 12.3. The summed E-state index contributed by atoms with van der Waals surface area (Å²) in [5.41, 5.74) is 7.81. The molecule has 0 aliphatic rings. The lowest BCUT2D eigenvalue weighted by Crippen LogP contribution is -2.42. The highest BCUT2D eigenvalue weighted by Crippen LogP contribution is 2.25. The summed E-state index contributed by atoms with van der Waals surface area (Å²) in [4.78, 5) is 47.0. The van der Waals surface area contributed by atoms with Crippen molar-refractivity contribution in [2.75, 3.05) is 22.9 Å². The first-order valence-electron chi connectivity index (χ1n) is 11.3. The molecular weight excluding hydrogens is 462 g/mol. The molecular formula is C26H27N5O3S. The van der Waals surface area contributed by atoms with E-state index in [1.54, 1.807) is 0 Å². The number of fused-ring (bicyclic) bond motifs is 1. The van der Waals surface area contributed by atoms with Gasteiger partial charge in [0, 0.05) is 11.9 Å². The Kier molecular flexibility index (Phi) is 7.36. The van der Waals surface area contributed by atoms with Crippen LogP contribution in [0.25, 0.3) is 10.9 Å². The quantitative estimate of drug-likeness (QED) is 0.366. The lowest BCUT2D eigenvalue weighted by atomic mass is 10.1. The Balaban J connectivity index is 1.62. The number of carbonyl (C=O) groups excluding carboxylic acids is 1. The Labute approximate surface area is 206 Å². The first kappa shape index (κ1) is 24.3. The van der Waals surface area contributed by atoms with Gasteiger partial charge in [-0.15, -0.1) is 0 Å². The Morgan fingerprint density at radius 1 is 1.11 bits per heavy atom. The van der Waals surface area contributed by atoms with Crippen molar-refractivity contribution in [3.63, 3.8) is 0 Å². The Morgan fingerprint density at radius 2 is 1.83 bits per heavy atom. The number of para-hydroxylation sites is 1. The number of benzene rings is 2. The molecule has 0 fully saturated rings. The largest absolute Gasteiger partial charge is 0.383 e. The first-order chi connectivity index (χ1) is 16.9. The number of nitrogens with one attached hydrogen (secondary N) is 1. The fourth-order valence-corrected chi connectivity index (χ4v) is 4.80. The van der Waals surface area contributed by atoms with Crippen LogP contribution in [0, 0.1) is 6.92 Å². The van der Waals surface area contributed by atoms with Crippen molar-refractivity contribution in [1.29, 1.82) is 0 Å². The van der Waals surface area contributed by atoms with Crippen molar-refractivity contribution in [3.05, 3.63) is 92.6 Å². The van der Waals surface area contributed by atoms with Gasteiger partial charge >= 0.3 is 5.69 Å². The highest BCUT2D eigenvalue weighted by atomic mass is 32.2. The number of anilines is 2. The van der Waals surface area contributed by atoms with Crippen LogP contribution >= 0.6 is 11.8 Å². The topological polar surface area (TPSA) is 114 Å². The van der Waals surface area contributed by atoms with Crippen LogP contribution in [-0.4, -0.2) is 32.7 Å². The number of H-pyrrole nitrogens is 1. The molecule has 0 radical (unpaired) electrons. The molecule has 4 rings (SSSR count). The van der Waals surface area contributed by atoms with E-state index in [4.69, 9.17) is 5.73 Å². The van der Waals surface area contributed by atoms with E-state index >= 15 is 0 Å². The molecule has 0 spiro atoms. The van der Waals surface area contributed by atoms with Crippen molar-refractivity contribution in [3.8, 4) is 0 Å². The number of thioether (sulfide) groups is 1. The van der Waals surface area contributed by atoms with E-state index in [2.05, 4.69) is 9.97 Å². The highest BCUT2D eigenvalue weighted by Gasteiger charge is 2.24. The van der Waals surface area contributed by atoms with E-state index in [0.29, 0.717) is 13.0 Å². The number of aromatic amines is 1. The number of nitrogen functional groups attached to an aromatic ring is 1. The number of rotatable bonds is 8. The van der Waals surface area contributed by atoms with Gasteiger partial charge < -0.3 is 10.6 Å². The van der Waals surface area contributed by atoms with Gasteiger partial charge in [-0.25, -0.2) is 9.78 Å². The number of aryl methyl sites for hydroxylation is 1. The molecule has 2 aromatic carbocycles. The third kappa shape index (κ3) is 5.30. The van der Waals surface area contributed by atoms with Crippen LogP contribution in [0.15, 0.2) is 75.3 Å². The highest BCUT2D eigenvalue weighted by molar-refractivity contribution is 7.99. The summed E-state index contributed by atoms with van der Waals surface area (Å²) >= 11 is 1.30. The summed E-state index contributed by atoms with van der Waals surface area (Å²) in [6.07, 6.45) is 0.612. The minimum Gasteiger partial charge on any atom is -0.383 e. The van der Waals surface area contributed by atoms with Gasteiger partial charge in [0.2, 0.25) is 5.91 Å². The van der Waals surface area contributed by atoms with Crippen LogP contribution in [0.5, 0.6) is 0 Å². The van der Waals surface area contributed by atoms with Crippen LogP contribution < -0.4 is 21.9 Å². The van der Waals surface area contributed by atoms with Crippen LogP contribution in [0.2, 0.25) is 0 Å². The fraction of sp³-hybridized carbons (Fsp3) is 0.231. The average molecular weight is 490 g/mol. The molecule has 9 heteroatoms. The maximum atomic E-state index is 13.3. The van der Waals surface area contributed by atoms with E-state index in [-0.39, 0.29) is 29.7 Å². The third-order valence-electron chi connectivity index (χ3n) is 5.66. The van der Waals surface area contributed by atoms with Crippen molar-refractivity contribution < 1.29 is 4.79 Å². The minimum absolute atomic E-state index is 0.00404. The molecule has 180 valence electrons. The summed E-state index contributed by atoms with van der Waals surface area (Å²) in [7, 11) is 0. The molecule has 0 saturated carbocycles. The Hall–Kier alpha value is -3.85. The third-order valence-corrected chi connectivity index (χ3v) is 6.56. The lowest BCUT2D eigenvalue weighted by molar-refractivity contribution is -0.116. The van der Waals surface area contributed by atoms with Crippen LogP contribution in [0.1, 0.15) is 24.5 Å². The van der Waals surface area contributed by atoms with Gasteiger partial charge in [-0.05, 0) is 36.6 Å². The second kappa shape index (κ2) is 10.6. The second-order valence-corrected chi connectivity index (χ2v) is 9.19. The van der Waals surface area contributed by atoms with Gasteiger partial charge in [-0.1, -0.05) is 67.2 Å².